The van der Waals surface area contributed by atoms with Gasteiger partial charge in [-0.1, -0.05) is 19.1 Å². The number of hydrogen-bond donors (Lipinski definition) is 2. The quantitative estimate of drug-likeness (QED) is 0.814. The first-order valence-corrected chi connectivity index (χ1v) is 7.38. The summed E-state index contributed by atoms with van der Waals surface area (Å²) in [6, 6.07) is 5.25. The van der Waals surface area contributed by atoms with Crippen molar-refractivity contribution < 1.29 is 23.0 Å². The van der Waals surface area contributed by atoms with Gasteiger partial charge in [-0.15, -0.1) is 0 Å². The zero-order valence-electron chi connectivity index (χ0n) is 10.1. The Labute approximate surface area is 106 Å². The first-order chi connectivity index (χ1) is 8.40. The maximum absolute atomic E-state index is 12.8. The van der Waals surface area contributed by atoms with Gasteiger partial charge >= 0.3 is 0 Å². The lowest BCUT2D eigenvalue weighted by molar-refractivity contribution is 0.112. The third-order valence-corrected chi connectivity index (χ3v) is 5.00. The Morgan fingerprint density at radius 3 is 2.28 bits per heavy atom. The van der Waals surface area contributed by atoms with Crippen LogP contribution in [0.15, 0.2) is 24.3 Å². The lowest BCUT2D eigenvalue weighted by Crippen LogP contribution is -2.27. The topological polar surface area (TPSA) is 74.6 Å². The molecule has 0 spiro atoms. The summed E-state index contributed by atoms with van der Waals surface area (Å²) in [6.07, 6.45) is -0.962. The number of sulfone groups is 1. The molecule has 0 amide bonds. The van der Waals surface area contributed by atoms with Gasteiger partial charge in [0, 0.05) is 0 Å². The van der Waals surface area contributed by atoms with E-state index in [2.05, 4.69) is 0 Å². The monoisotopic (exact) mass is 276 g/mol. The van der Waals surface area contributed by atoms with Crippen LogP contribution in [0.25, 0.3) is 0 Å². The lowest BCUT2D eigenvalue weighted by atomic mass is 10.1. The van der Waals surface area contributed by atoms with Crippen LogP contribution in [-0.2, 0) is 9.84 Å². The Morgan fingerprint density at radius 2 is 1.83 bits per heavy atom. The second-order valence-electron chi connectivity index (χ2n) is 4.11. The minimum absolute atomic E-state index is 0.326. The molecule has 0 aliphatic rings. The van der Waals surface area contributed by atoms with Gasteiger partial charge in [0.1, 0.15) is 5.82 Å². The summed E-state index contributed by atoms with van der Waals surface area (Å²) in [5.41, 5.74) is 0.490. The molecular formula is C12H17FO4S. The summed E-state index contributed by atoms with van der Waals surface area (Å²) >= 11 is 0. The highest BCUT2D eigenvalue weighted by Gasteiger charge is 2.27. The molecule has 102 valence electrons. The van der Waals surface area contributed by atoms with Crippen LogP contribution >= 0.6 is 0 Å². The number of aliphatic hydroxyl groups is 2. The van der Waals surface area contributed by atoms with E-state index in [4.69, 9.17) is 5.11 Å². The van der Waals surface area contributed by atoms with Crippen LogP contribution in [0.1, 0.15) is 24.2 Å². The van der Waals surface area contributed by atoms with E-state index in [1.54, 1.807) is 6.92 Å². The van der Waals surface area contributed by atoms with E-state index >= 15 is 0 Å². The van der Waals surface area contributed by atoms with Gasteiger partial charge in [0.05, 0.1) is 23.7 Å². The highest BCUT2D eigenvalue weighted by atomic mass is 32.2. The van der Waals surface area contributed by atoms with Crippen molar-refractivity contribution in [2.45, 2.75) is 24.7 Å². The molecule has 6 heteroatoms. The molecule has 1 aromatic carbocycles. The summed E-state index contributed by atoms with van der Waals surface area (Å²) in [7, 11) is -3.58. The van der Waals surface area contributed by atoms with Gasteiger partial charge in [0.25, 0.3) is 0 Å². The van der Waals surface area contributed by atoms with Gasteiger partial charge in [-0.05, 0) is 24.1 Å². The molecule has 0 saturated heterocycles. The van der Waals surface area contributed by atoms with E-state index in [9.17, 15) is 17.9 Å². The van der Waals surface area contributed by atoms with E-state index < -0.39 is 39.4 Å². The SMILES string of the molecule is CC[C@H](c1ccc(F)cc1)S(=O)(=O)C[C@H](O)CO. The molecule has 2 atom stereocenters. The average molecular weight is 276 g/mol. The third-order valence-electron chi connectivity index (χ3n) is 2.68. The van der Waals surface area contributed by atoms with Gasteiger partial charge in [-0.2, -0.15) is 0 Å². The first kappa shape index (κ1) is 15.1. The highest BCUT2D eigenvalue weighted by Crippen LogP contribution is 2.27. The number of benzene rings is 1. The van der Waals surface area contributed by atoms with E-state index in [1.807, 2.05) is 0 Å². The molecular weight excluding hydrogens is 259 g/mol. The predicted octanol–water partition coefficient (Wildman–Crippen LogP) is 1.04. The Bertz CT molecular complexity index is 469. The zero-order chi connectivity index (χ0) is 13.8. The van der Waals surface area contributed by atoms with Crippen molar-refractivity contribution in [3.8, 4) is 0 Å². The highest BCUT2D eigenvalue weighted by molar-refractivity contribution is 7.91. The minimum atomic E-state index is -3.58. The largest absolute Gasteiger partial charge is 0.394 e. The van der Waals surface area contributed by atoms with Crippen molar-refractivity contribution in [3.63, 3.8) is 0 Å². The standard InChI is InChI=1S/C12H17FO4S/c1-2-12(9-3-5-10(13)6-4-9)18(16,17)8-11(15)7-14/h3-6,11-12,14-15H,2,7-8H2,1H3/t11-,12-/m1/s1. The Morgan fingerprint density at radius 1 is 1.28 bits per heavy atom. The van der Waals surface area contributed by atoms with E-state index in [0.29, 0.717) is 12.0 Å². The third kappa shape index (κ3) is 3.76. The van der Waals surface area contributed by atoms with Gasteiger partial charge < -0.3 is 10.2 Å². The Kier molecular flexibility index (Phi) is 5.25. The summed E-state index contributed by atoms with van der Waals surface area (Å²) in [6.45, 7) is 1.11. The number of rotatable bonds is 6. The van der Waals surface area contributed by atoms with Gasteiger partial charge in [0.2, 0.25) is 0 Å². The van der Waals surface area contributed by atoms with Crippen molar-refractivity contribution in [2.24, 2.45) is 0 Å². The zero-order valence-corrected chi connectivity index (χ0v) is 10.9. The summed E-state index contributed by atoms with van der Waals surface area (Å²) < 4.78 is 36.9. The van der Waals surface area contributed by atoms with Crippen LogP contribution in [0.3, 0.4) is 0 Å². The predicted molar refractivity (Wildman–Crippen MR) is 66.3 cm³/mol. The molecule has 18 heavy (non-hydrogen) atoms. The van der Waals surface area contributed by atoms with Crippen molar-refractivity contribution >= 4 is 9.84 Å². The van der Waals surface area contributed by atoms with E-state index in [1.165, 1.54) is 24.3 Å². The van der Waals surface area contributed by atoms with Crippen LogP contribution in [0.4, 0.5) is 4.39 Å². The molecule has 4 nitrogen and oxygen atoms in total. The minimum Gasteiger partial charge on any atom is -0.394 e. The van der Waals surface area contributed by atoms with Gasteiger partial charge in [0.15, 0.2) is 9.84 Å². The molecule has 0 aliphatic carbocycles. The van der Waals surface area contributed by atoms with Crippen molar-refractivity contribution in [1.29, 1.82) is 0 Å². The number of halogens is 1. The molecule has 0 fully saturated rings. The normalized spacial score (nSPS) is 15.3. The second kappa shape index (κ2) is 6.26. The first-order valence-electron chi connectivity index (χ1n) is 5.66. The molecule has 1 rings (SSSR count). The molecule has 0 heterocycles. The molecule has 0 aromatic heterocycles. The smallest absolute Gasteiger partial charge is 0.159 e. The van der Waals surface area contributed by atoms with Crippen LogP contribution in [0.2, 0.25) is 0 Å². The van der Waals surface area contributed by atoms with Gasteiger partial charge in [-0.3, -0.25) is 0 Å². The van der Waals surface area contributed by atoms with E-state index in [0.717, 1.165) is 0 Å². The average Bonchev–Trinajstić information content (AvgIpc) is 2.31. The van der Waals surface area contributed by atoms with Crippen LogP contribution in [0, 0.1) is 5.82 Å². The number of hydrogen-bond acceptors (Lipinski definition) is 4. The van der Waals surface area contributed by atoms with Crippen molar-refractivity contribution in [1.82, 2.24) is 0 Å². The fourth-order valence-electron chi connectivity index (χ4n) is 1.81. The second-order valence-corrected chi connectivity index (χ2v) is 6.34. The van der Waals surface area contributed by atoms with Crippen LogP contribution < -0.4 is 0 Å². The summed E-state index contributed by atoms with van der Waals surface area (Å²) in [5.74, 6) is -0.930. The summed E-state index contributed by atoms with van der Waals surface area (Å²) in [4.78, 5) is 0. The maximum Gasteiger partial charge on any atom is 0.159 e. The Balaban J connectivity index is 2.99. The Hall–Kier alpha value is -0.980. The lowest BCUT2D eigenvalue weighted by Gasteiger charge is -2.18. The van der Waals surface area contributed by atoms with Gasteiger partial charge in [-0.25, -0.2) is 12.8 Å². The molecule has 0 bridgehead atoms. The molecule has 2 N–H and O–H groups in total. The molecule has 0 saturated carbocycles. The van der Waals surface area contributed by atoms with Crippen LogP contribution in [0.5, 0.6) is 0 Å². The van der Waals surface area contributed by atoms with Crippen molar-refractivity contribution in [3.05, 3.63) is 35.6 Å². The number of aliphatic hydroxyl groups excluding tert-OH is 2. The summed E-state index contributed by atoms with van der Waals surface area (Å²) in [5, 5.41) is 17.1. The molecule has 1 aromatic rings. The maximum atomic E-state index is 12.8. The van der Waals surface area contributed by atoms with Crippen molar-refractivity contribution in [2.75, 3.05) is 12.4 Å². The fourth-order valence-corrected chi connectivity index (χ4v) is 3.77. The van der Waals surface area contributed by atoms with Crippen LogP contribution in [-0.4, -0.2) is 37.1 Å². The molecule has 0 aliphatic heterocycles. The fraction of sp³-hybridized carbons (Fsp3) is 0.500. The van der Waals surface area contributed by atoms with E-state index in [-0.39, 0.29) is 0 Å². The molecule has 0 unspecified atom stereocenters. The molecule has 0 radical (unpaired) electrons.